The highest BCUT2D eigenvalue weighted by Gasteiger charge is 2.32. The Morgan fingerprint density at radius 1 is 1.18 bits per heavy atom. The van der Waals surface area contributed by atoms with Crippen LogP contribution in [0.3, 0.4) is 0 Å². The summed E-state index contributed by atoms with van der Waals surface area (Å²) in [6, 6.07) is 8.07. The predicted molar refractivity (Wildman–Crippen MR) is 113 cm³/mol. The van der Waals surface area contributed by atoms with E-state index in [4.69, 9.17) is 4.98 Å². The van der Waals surface area contributed by atoms with Gasteiger partial charge in [0.25, 0.3) is 0 Å². The van der Waals surface area contributed by atoms with Gasteiger partial charge in [0.15, 0.2) is 5.13 Å². The molecule has 0 spiro atoms. The number of amides is 2. The first-order chi connectivity index (χ1) is 13.5. The van der Waals surface area contributed by atoms with Gasteiger partial charge >= 0.3 is 0 Å². The van der Waals surface area contributed by atoms with Crippen LogP contribution in [0.5, 0.6) is 0 Å². The summed E-state index contributed by atoms with van der Waals surface area (Å²) in [6.45, 7) is 4.62. The Morgan fingerprint density at radius 3 is 2.75 bits per heavy atom. The second kappa shape index (κ2) is 7.97. The van der Waals surface area contributed by atoms with Crippen molar-refractivity contribution in [1.29, 1.82) is 0 Å². The minimum atomic E-state index is -0.169. The Labute approximate surface area is 171 Å². The zero-order valence-corrected chi connectivity index (χ0v) is 17.5. The monoisotopic (exact) mass is 414 g/mol. The fourth-order valence-electron chi connectivity index (χ4n) is 3.43. The number of para-hydroxylation sites is 1. The average Bonchev–Trinajstić information content (AvgIpc) is 3.38. The summed E-state index contributed by atoms with van der Waals surface area (Å²) in [6.07, 6.45) is 2.27. The van der Waals surface area contributed by atoms with E-state index in [-0.39, 0.29) is 30.7 Å². The summed E-state index contributed by atoms with van der Waals surface area (Å²) >= 11 is 3.11. The van der Waals surface area contributed by atoms with Gasteiger partial charge in [-0.3, -0.25) is 9.59 Å². The highest BCUT2D eigenvalue weighted by molar-refractivity contribution is 7.18. The number of nitrogens with one attached hydrogen (secondary N) is 1. The summed E-state index contributed by atoms with van der Waals surface area (Å²) in [5, 5.41) is 4.39. The van der Waals surface area contributed by atoms with Crippen molar-refractivity contribution in [2.24, 2.45) is 0 Å². The second-order valence-electron chi connectivity index (χ2n) is 6.97. The molecule has 3 heterocycles. The SMILES string of the molecule is Cc1nc(NC(=O)CCC(=O)N2CCCC2c2nc3ccccc3s2)sc1C. The Morgan fingerprint density at radius 2 is 2.00 bits per heavy atom. The van der Waals surface area contributed by atoms with Gasteiger partial charge in [-0.25, -0.2) is 9.97 Å². The smallest absolute Gasteiger partial charge is 0.226 e. The third-order valence-corrected chi connectivity index (χ3v) is 7.14. The molecule has 2 amide bonds. The van der Waals surface area contributed by atoms with Gasteiger partial charge in [0.1, 0.15) is 5.01 Å². The van der Waals surface area contributed by atoms with Gasteiger partial charge in [-0.05, 0) is 38.8 Å². The number of carbonyl (C=O) groups excluding carboxylic acids is 2. The van der Waals surface area contributed by atoms with Gasteiger partial charge < -0.3 is 10.2 Å². The normalized spacial score (nSPS) is 16.6. The lowest BCUT2D eigenvalue weighted by Crippen LogP contribution is -2.31. The molecule has 1 aliphatic heterocycles. The van der Waals surface area contributed by atoms with Crippen LogP contribution in [0, 0.1) is 13.8 Å². The number of thiazole rings is 2. The maximum atomic E-state index is 12.8. The molecule has 4 rings (SSSR count). The number of benzene rings is 1. The minimum absolute atomic E-state index is 0.0170. The molecular weight excluding hydrogens is 392 g/mol. The van der Waals surface area contributed by atoms with E-state index in [2.05, 4.69) is 16.4 Å². The molecule has 0 bridgehead atoms. The predicted octanol–water partition coefficient (Wildman–Crippen LogP) is 4.45. The van der Waals surface area contributed by atoms with E-state index >= 15 is 0 Å². The van der Waals surface area contributed by atoms with Gasteiger partial charge in [-0.2, -0.15) is 0 Å². The van der Waals surface area contributed by atoms with Crippen LogP contribution in [0.1, 0.15) is 47.3 Å². The van der Waals surface area contributed by atoms with Crippen molar-refractivity contribution < 1.29 is 9.59 Å². The van der Waals surface area contributed by atoms with Crippen molar-refractivity contribution in [3.63, 3.8) is 0 Å². The van der Waals surface area contributed by atoms with Crippen LogP contribution < -0.4 is 5.32 Å². The molecule has 0 saturated carbocycles. The van der Waals surface area contributed by atoms with Gasteiger partial charge in [-0.15, -0.1) is 22.7 Å². The zero-order chi connectivity index (χ0) is 19.7. The molecule has 1 atom stereocenters. The molecule has 28 heavy (non-hydrogen) atoms. The van der Waals surface area contributed by atoms with Crippen molar-refractivity contribution in [2.45, 2.75) is 45.6 Å². The molecule has 1 fully saturated rings. The Hall–Kier alpha value is -2.32. The van der Waals surface area contributed by atoms with E-state index in [9.17, 15) is 9.59 Å². The van der Waals surface area contributed by atoms with E-state index in [1.807, 2.05) is 36.9 Å². The lowest BCUT2D eigenvalue weighted by molar-refractivity contribution is -0.133. The number of nitrogens with zero attached hydrogens (tertiary/aromatic N) is 3. The van der Waals surface area contributed by atoms with Crippen LogP contribution in [0.2, 0.25) is 0 Å². The molecule has 0 radical (unpaired) electrons. The third-order valence-electron chi connectivity index (χ3n) is 5.01. The quantitative estimate of drug-likeness (QED) is 0.669. The molecule has 1 saturated heterocycles. The molecule has 146 valence electrons. The molecule has 0 aliphatic carbocycles. The van der Waals surface area contributed by atoms with Crippen molar-refractivity contribution in [2.75, 3.05) is 11.9 Å². The number of rotatable bonds is 5. The van der Waals surface area contributed by atoms with Crippen LogP contribution in [0.15, 0.2) is 24.3 Å². The van der Waals surface area contributed by atoms with Crippen molar-refractivity contribution in [1.82, 2.24) is 14.9 Å². The van der Waals surface area contributed by atoms with Crippen LogP contribution in [0.25, 0.3) is 10.2 Å². The third kappa shape index (κ3) is 3.93. The number of aromatic nitrogens is 2. The largest absolute Gasteiger partial charge is 0.333 e. The lowest BCUT2D eigenvalue weighted by Gasteiger charge is -2.23. The molecule has 1 aliphatic rings. The first kappa shape index (κ1) is 19.0. The number of anilines is 1. The summed E-state index contributed by atoms with van der Waals surface area (Å²) in [5.41, 5.74) is 1.90. The highest BCUT2D eigenvalue weighted by Crippen LogP contribution is 2.36. The average molecular weight is 415 g/mol. The van der Waals surface area contributed by atoms with Gasteiger partial charge in [0, 0.05) is 24.3 Å². The highest BCUT2D eigenvalue weighted by atomic mass is 32.1. The Balaban J connectivity index is 1.37. The maximum absolute atomic E-state index is 12.8. The number of hydrogen-bond acceptors (Lipinski definition) is 6. The van der Waals surface area contributed by atoms with Crippen LogP contribution in [0.4, 0.5) is 5.13 Å². The number of fused-ring (bicyclic) bond motifs is 1. The standard InChI is InChI=1S/C20H22N4O2S2/c1-12-13(2)27-20(21-12)23-17(25)9-10-18(26)24-11-5-7-15(24)19-22-14-6-3-4-8-16(14)28-19/h3-4,6,8,15H,5,7,9-11H2,1-2H3,(H,21,23,25). The Kier molecular flexibility index (Phi) is 5.41. The fourth-order valence-corrected chi connectivity index (χ4v) is 5.37. The van der Waals surface area contributed by atoms with Gasteiger partial charge in [0.2, 0.25) is 11.8 Å². The Bertz CT molecular complexity index is 974. The van der Waals surface area contributed by atoms with Crippen LogP contribution >= 0.6 is 22.7 Å². The van der Waals surface area contributed by atoms with E-state index in [1.165, 1.54) is 11.3 Å². The molecule has 1 N–H and O–H groups in total. The second-order valence-corrected chi connectivity index (χ2v) is 9.24. The summed E-state index contributed by atoms with van der Waals surface area (Å²) in [7, 11) is 0. The molecule has 1 unspecified atom stereocenters. The number of hydrogen-bond donors (Lipinski definition) is 1. The topological polar surface area (TPSA) is 75.2 Å². The summed E-state index contributed by atoms with van der Waals surface area (Å²) < 4.78 is 1.14. The minimum Gasteiger partial charge on any atom is -0.333 e. The number of likely N-dealkylation sites (tertiary alicyclic amines) is 1. The van der Waals surface area contributed by atoms with Crippen LogP contribution in [-0.2, 0) is 9.59 Å². The van der Waals surface area contributed by atoms with Crippen molar-refractivity contribution in [3.05, 3.63) is 39.8 Å². The van der Waals surface area contributed by atoms with Gasteiger partial charge in [0.05, 0.1) is 22.0 Å². The molecule has 6 nitrogen and oxygen atoms in total. The molecule has 8 heteroatoms. The fraction of sp³-hybridized carbons (Fsp3) is 0.400. The molecular formula is C20H22N4O2S2. The molecule has 2 aromatic heterocycles. The summed E-state index contributed by atoms with van der Waals surface area (Å²) in [4.78, 5) is 37.0. The van der Waals surface area contributed by atoms with E-state index in [0.717, 1.165) is 45.2 Å². The molecule has 1 aromatic carbocycles. The first-order valence-corrected chi connectivity index (χ1v) is 11.0. The van der Waals surface area contributed by atoms with E-state index < -0.39 is 0 Å². The van der Waals surface area contributed by atoms with E-state index in [0.29, 0.717) is 5.13 Å². The number of carbonyl (C=O) groups is 2. The van der Waals surface area contributed by atoms with Crippen LogP contribution in [-0.4, -0.2) is 33.2 Å². The van der Waals surface area contributed by atoms with Gasteiger partial charge in [-0.1, -0.05) is 12.1 Å². The van der Waals surface area contributed by atoms with Crippen molar-refractivity contribution >= 4 is 49.8 Å². The zero-order valence-electron chi connectivity index (χ0n) is 15.9. The first-order valence-electron chi connectivity index (χ1n) is 9.40. The lowest BCUT2D eigenvalue weighted by atomic mass is 10.2. The maximum Gasteiger partial charge on any atom is 0.226 e. The van der Waals surface area contributed by atoms with Crippen molar-refractivity contribution in [3.8, 4) is 0 Å². The summed E-state index contributed by atoms with van der Waals surface area (Å²) in [5.74, 6) is -0.152. The van der Waals surface area contributed by atoms with E-state index in [1.54, 1.807) is 11.3 Å². The number of aryl methyl sites for hydroxylation is 2. The molecule has 3 aromatic rings.